The third kappa shape index (κ3) is 3.78. The van der Waals surface area contributed by atoms with Gasteiger partial charge in [-0.05, 0) is 27.1 Å². The van der Waals surface area contributed by atoms with Crippen molar-refractivity contribution in [3.05, 3.63) is 130 Å². The first-order valence-corrected chi connectivity index (χ1v) is 13.9. The van der Waals surface area contributed by atoms with Crippen molar-refractivity contribution in [2.24, 2.45) is 25.0 Å². The van der Waals surface area contributed by atoms with Crippen LogP contribution in [0, 0.1) is 0 Å². The van der Waals surface area contributed by atoms with Crippen molar-refractivity contribution in [3.8, 4) is 0 Å². The summed E-state index contributed by atoms with van der Waals surface area (Å²) in [5.41, 5.74) is 5.03. The number of rotatable bonds is 0. The maximum absolute atomic E-state index is 8.25. The summed E-state index contributed by atoms with van der Waals surface area (Å²) < 4.78 is 8.25. The smallest absolute Gasteiger partial charge is 0.0927 e. The molecule has 8 bridgehead atoms. The summed E-state index contributed by atoms with van der Waals surface area (Å²) in [5.74, 6) is 3.01. The monoisotopic (exact) mass is 578 g/mol. The average Bonchev–Trinajstić information content (AvgIpc) is 3.78. The molecule has 1 N–H and O–H groups in total. The van der Waals surface area contributed by atoms with Crippen molar-refractivity contribution < 1.29 is 23.7 Å². The minimum absolute atomic E-state index is 0.358. The normalized spacial score (nSPS) is 19.4. The fourth-order valence-corrected chi connectivity index (χ4v) is 5.67. The molecule has 0 saturated heterocycles. The molecule has 9 rings (SSSR count). The van der Waals surface area contributed by atoms with E-state index in [2.05, 4.69) is 17.4 Å². The van der Waals surface area contributed by atoms with Crippen LogP contribution in [-0.2, 0) is 23.7 Å². The number of nitrogens with zero attached hydrogens (tertiary/aromatic N) is 7. The van der Waals surface area contributed by atoms with Gasteiger partial charge in [0.15, 0.2) is 0 Å². The van der Waals surface area contributed by atoms with Gasteiger partial charge >= 0.3 is 23.7 Å². The first-order chi connectivity index (χ1) is 20.8. The molecule has 0 spiro atoms. The van der Waals surface area contributed by atoms with E-state index in [9.17, 15) is 0 Å². The summed E-state index contributed by atoms with van der Waals surface area (Å²) in [6.07, 6.45) is -0.358. The minimum Gasteiger partial charge on any atom is -0.369 e. The van der Waals surface area contributed by atoms with Gasteiger partial charge in [0.1, 0.15) is 0 Å². The summed E-state index contributed by atoms with van der Waals surface area (Å²) in [6.45, 7) is 0. The van der Waals surface area contributed by atoms with Crippen molar-refractivity contribution in [1.82, 2.24) is 15.3 Å². The zero-order chi connectivity index (χ0) is 28.2. The largest absolute Gasteiger partial charge is 0.369 e. The maximum atomic E-state index is 8.25. The van der Waals surface area contributed by atoms with E-state index in [1.165, 1.54) is 0 Å². The number of benzene rings is 4. The Morgan fingerprint density at radius 3 is 1.81 bits per heavy atom. The molecule has 10 heteroatoms. The summed E-state index contributed by atoms with van der Waals surface area (Å²) in [7, 11) is 0. The molecule has 0 amide bonds. The van der Waals surface area contributed by atoms with Crippen LogP contribution < -0.4 is 26.3 Å². The third-order valence-corrected chi connectivity index (χ3v) is 7.54. The van der Waals surface area contributed by atoms with Crippen LogP contribution >= 0.6 is 0 Å². The van der Waals surface area contributed by atoms with Gasteiger partial charge in [0.2, 0.25) is 0 Å². The van der Waals surface area contributed by atoms with Gasteiger partial charge in [-0.2, -0.15) is 0 Å². The Bertz CT molecular complexity index is 2290. The van der Waals surface area contributed by atoms with Crippen LogP contribution in [0.3, 0.4) is 0 Å². The van der Waals surface area contributed by atoms with E-state index in [1.54, 1.807) is 0 Å². The average molecular weight is 578 g/mol. The van der Waals surface area contributed by atoms with Gasteiger partial charge in [0.25, 0.3) is 0 Å². The van der Waals surface area contributed by atoms with Crippen LogP contribution in [0.1, 0.15) is 28.4 Å². The molecule has 6 aromatic rings. The SMILES string of the molecule is [O]=[Ti].c1ccc2c(c1)C1=N/C2=N\c2[n-]c(c3ccccc23)/N=C2\NC(/N=c3\[n-]c(c4ccccc34)=N1)c1ccccc12. The molecule has 5 heterocycles. The van der Waals surface area contributed by atoms with Crippen LogP contribution in [0.2, 0.25) is 0 Å². The number of aliphatic imine (C=N–C) groups is 3. The molecule has 0 fully saturated rings. The first-order valence-electron chi connectivity index (χ1n) is 13.3. The molecule has 1 unspecified atom stereocenters. The number of hydrogen-bond donors (Lipinski definition) is 1. The predicted octanol–water partition coefficient (Wildman–Crippen LogP) is 4.26. The summed E-state index contributed by atoms with van der Waals surface area (Å²) in [5, 5.41) is 7.21. The Balaban J connectivity index is 0.00000131. The van der Waals surface area contributed by atoms with Gasteiger partial charge in [-0.15, -0.1) is 0 Å². The Morgan fingerprint density at radius 1 is 0.548 bits per heavy atom. The number of hydrogen-bond acceptors (Lipinski definition) is 7. The quantitative estimate of drug-likeness (QED) is 0.271. The molecule has 4 aromatic carbocycles. The van der Waals surface area contributed by atoms with E-state index in [1.807, 2.05) is 84.9 Å². The van der Waals surface area contributed by atoms with Gasteiger partial charge in [0, 0.05) is 39.3 Å². The number of amidine groups is 3. The van der Waals surface area contributed by atoms with Crippen molar-refractivity contribution in [2.75, 3.05) is 0 Å². The zero-order valence-corrected chi connectivity index (χ0v) is 23.4. The molecule has 0 radical (unpaired) electrons. The zero-order valence-electron chi connectivity index (χ0n) is 21.9. The number of aromatic nitrogens is 2. The molecule has 2 aromatic heterocycles. The number of nitrogens with one attached hydrogen (secondary N) is 1. The second kappa shape index (κ2) is 9.76. The molecule has 3 aliphatic rings. The Hall–Kier alpha value is -5.12. The van der Waals surface area contributed by atoms with Crippen molar-refractivity contribution in [2.45, 2.75) is 6.17 Å². The molecular formula is C32H18N8OTi-2. The standard InChI is InChI=1S/C32H18N8.O.Ti/c1-2-10-18-17(9-1)25-33-26(18)38-28-21-13-5-6-14-22(21)30(35-28)40-32-24-16-8-7-15-23(24)31(36-32)39-29-20-12-4-3-11-19(20)27(34-29)37-25;;/h1-16,25H,(H-,33,34,36,37,38,39,40);;/q-2;;. The first kappa shape index (κ1) is 24.7. The van der Waals surface area contributed by atoms with Gasteiger partial charge in [-0.1, -0.05) is 97.1 Å². The molecule has 0 aliphatic carbocycles. The van der Waals surface area contributed by atoms with Crippen LogP contribution in [0.5, 0.6) is 0 Å². The van der Waals surface area contributed by atoms with Crippen LogP contribution in [0.4, 0.5) is 11.6 Å². The summed E-state index contributed by atoms with van der Waals surface area (Å²) in [4.78, 5) is 34.7. The summed E-state index contributed by atoms with van der Waals surface area (Å²) in [6, 6.07) is 32.2. The van der Waals surface area contributed by atoms with E-state index in [4.69, 9.17) is 38.3 Å². The molecule has 198 valence electrons. The molecule has 9 nitrogen and oxygen atoms in total. The Kier molecular flexibility index (Phi) is 5.73. The van der Waals surface area contributed by atoms with Gasteiger partial charge < -0.3 is 35.3 Å². The fourth-order valence-electron chi connectivity index (χ4n) is 5.67. The van der Waals surface area contributed by atoms with Gasteiger partial charge in [-0.25, -0.2) is 4.99 Å². The fraction of sp³-hybridized carbons (Fsp3) is 0.0312. The van der Waals surface area contributed by atoms with Crippen LogP contribution in [0.15, 0.2) is 122 Å². The van der Waals surface area contributed by atoms with Crippen LogP contribution in [-0.4, -0.2) is 17.5 Å². The molecular weight excluding hydrogens is 560 g/mol. The topological polar surface area (TPSA) is 119 Å². The van der Waals surface area contributed by atoms with Crippen molar-refractivity contribution in [1.29, 1.82) is 0 Å². The maximum Gasteiger partial charge on any atom is 0.0927 e. The molecule has 0 saturated carbocycles. The summed E-state index contributed by atoms with van der Waals surface area (Å²) >= 11 is 0.750. The van der Waals surface area contributed by atoms with Crippen LogP contribution in [0.25, 0.3) is 21.5 Å². The van der Waals surface area contributed by atoms with E-state index in [0.717, 1.165) is 64.2 Å². The minimum atomic E-state index is -0.358. The van der Waals surface area contributed by atoms with Gasteiger partial charge in [-0.3, -0.25) is 0 Å². The predicted molar refractivity (Wildman–Crippen MR) is 155 cm³/mol. The van der Waals surface area contributed by atoms with Gasteiger partial charge in [0.05, 0.1) is 23.7 Å². The van der Waals surface area contributed by atoms with E-state index >= 15 is 0 Å². The Labute approximate surface area is 250 Å². The number of fused-ring (bicyclic) bond motifs is 19. The molecule has 1 atom stereocenters. The second-order valence-corrected chi connectivity index (χ2v) is 9.86. The van der Waals surface area contributed by atoms with Crippen molar-refractivity contribution in [3.63, 3.8) is 0 Å². The molecule has 42 heavy (non-hydrogen) atoms. The Morgan fingerprint density at radius 2 is 1.10 bits per heavy atom. The van der Waals surface area contributed by atoms with E-state index in [0.29, 0.717) is 40.1 Å². The second-order valence-electron chi connectivity index (χ2n) is 9.86. The van der Waals surface area contributed by atoms with Crippen molar-refractivity contribution >= 4 is 50.7 Å². The third-order valence-electron chi connectivity index (χ3n) is 7.54. The van der Waals surface area contributed by atoms with E-state index < -0.39 is 0 Å². The molecule has 3 aliphatic heterocycles. The van der Waals surface area contributed by atoms with E-state index in [-0.39, 0.29) is 6.17 Å².